The van der Waals surface area contributed by atoms with E-state index in [9.17, 15) is 19.8 Å². The summed E-state index contributed by atoms with van der Waals surface area (Å²) in [5.41, 5.74) is 5.47. The largest absolute Gasteiger partial charge is 0.477 e. The fourth-order valence-electron chi connectivity index (χ4n) is 2.54. The van der Waals surface area contributed by atoms with Crippen LogP contribution in [0.25, 0.3) is 0 Å². The number of nitrogens with two attached hydrogens (primary N) is 1. The maximum absolute atomic E-state index is 11.9. The number of fused-ring (bicyclic) bond motifs is 1. The van der Waals surface area contributed by atoms with E-state index in [0.29, 0.717) is 23.6 Å². The van der Waals surface area contributed by atoms with Crippen LogP contribution >= 0.6 is 11.8 Å². The smallest absolute Gasteiger partial charge is 0.353 e. The average Bonchev–Trinajstić information content (AvgIpc) is 2.60. The Morgan fingerprint density at radius 2 is 2.33 bits per heavy atom. The molecule has 3 atom stereocenters. The van der Waals surface area contributed by atoms with Gasteiger partial charge in [-0.15, -0.1) is 11.8 Å². The fourth-order valence-corrected chi connectivity index (χ4v) is 3.52. The Hall–Kier alpha value is -1.05. The zero-order valence-electron chi connectivity index (χ0n) is 10.00. The quantitative estimate of drug-likeness (QED) is 0.588. The molecule has 2 aliphatic heterocycles. The van der Waals surface area contributed by atoms with Gasteiger partial charge in [0.25, 0.3) is 0 Å². The summed E-state index contributed by atoms with van der Waals surface area (Å²) >= 11 is 1.38. The summed E-state index contributed by atoms with van der Waals surface area (Å²) < 4.78 is 0. The summed E-state index contributed by atoms with van der Waals surface area (Å²) in [4.78, 5) is 25.1. The topological polar surface area (TPSA) is 104 Å². The SMILES string of the molecule is CC(O)[C@@H]1C(=O)N2C(C(=O)O)=C(SCCN)C[C@H]12. The molecule has 2 aliphatic rings. The van der Waals surface area contributed by atoms with Crippen molar-refractivity contribution in [3.8, 4) is 0 Å². The van der Waals surface area contributed by atoms with Crippen LogP contribution in [0.4, 0.5) is 0 Å². The highest BCUT2D eigenvalue weighted by atomic mass is 32.2. The summed E-state index contributed by atoms with van der Waals surface area (Å²) in [5, 5.41) is 18.7. The second-order valence-electron chi connectivity index (χ2n) is 4.46. The lowest BCUT2D eigenvalue weighted by molar-refractivity contribution is -0.161. The number of carbonyl (C=O) groups is 2. The number of thioether (sulfide) groups is 1. The van der Waals surface area contributed by atoms with Crippen LogP contribution in [0.2, 0.25) is 0 Å². The molecule has 0 aromatic rings. The Morgan fingerprint density at radius 3 is 2.83 bits per heavy atom. The molecule has 6 nitrogen and oxygen atoms in total. The number of rotatable bonds is 5. The molecule has 100 valence electrons. The summed E-state index contributed by atoms with van der Waals surface area (Å²) in [6, 6.07) is -0.205. The van der Waals surface area contributed by atoms with Crippen LogP contribution in [0.5, 0.6) is 0 Å². The van der Waals surface area contributed by atoms with Crippen molar-refractivity contribution >= 4 is 23.6 Å². The molecule has 1 fully saturated rings. The zero-order valence-corrected chi connectivity index (χ0v) is 10.8. The van der Waals surface area contributed by atoms with Gasteiger partial charge in [0.2, 0.25) is 5.91 Å². The highest BCUT2D eigenvalue weighted by Gasteiger charge is 2.56. The van der Waals surface area contributed by atoms with Gasteiger partial charge in [-0.05, 0) is 6.92 Å². The van der Waals surface area contributed by atoms with Crippen molar-refractivity contribution in [2.24, 2.45) is 11.7 Å². The van der Waals surface area contributed by atoms with E-state index >= 15 is 0 Å². The van der Waals surface area contributed by atoms with Gasteiger partial charge in [-0.25, -0.2) is 4.79 Å². The monoisotopic (exact) mass is 272 g/mol. The predicted octanol–water partition coefficient (Wildman–Crippen LogP) is -0.414. The molecule has 0 spiro atoms. The van der Waals surface area contributed by atoms with E-state index in [2.05, 4.69) is 0 Å². The molecule has 2 rings (SSSR count). The summed E-state index contributed by atoms with van der Waals surface area (Å²) in [6.45, 7) is 2.02. The molecular weight excluding hydrogens is 256 g/mol. The minimum Gasteiger partial charge on any atom is -0.477 e. The Bertz CT molecular complexity index is 421. The van der Waals surface area contributed by atoms with Crippen LogP contribution in [0.1, 0.15) is 13.3 Å². The number of amides is 1. The maximum Gasteiger partial charge on any atom is 0.353 e. The van der Waals surface area contributed by atoms with Crippen LogP contribution in [-0.4, -0.2) is 51.4 Å². The van der Waals surface area contributed by atoms with Crippen LogP contribution in [0.3, 0.4) is 0 Å². The highest BCUT2D eigenvalue weighted by Crippen LogP contribution is 2.46. The molecule has 0 aliphatic carbocycles. The Morgan fingerprint density at radius 1 is 1.67 bits per heavy atom. The summed E-state index contributed by atoms with van der Waals surface area (Å²) in [6.07, 6.45) is -0.235. The van der Waals surface area contributed by atoms with Crippen molar-refractivity contribution in [2.45, 2.75) is 25.5 Å². The van der Waals surface area contributed by atoms with Gasteiger partial charge in [0.15, 0.2) is 0 Å². The van der Waals surface area contributed by atoms with E-state index in [1.165, 1.54) is 16.7 Å². The minimum atomic E-state index is -1.09. The molecule has 1 saturated heterocycles. The van der Waals surface area contributed by atoms with E-state index in [-0.39, 0.29) is 17.6 Å². The first-order valence-electron chi connectivity index (χ1n) is 5.79. The zero-order chi connectivity index (χ0) is 13.4. The van der Waals surface area contributed by atoms with Gasteiger partial charge >= 0.3 is 5.97 Å². The van der Waals surface area contributed by atoms with E-state index in [1.807, 2.05) is 0 Å². The normalized spacial score (nSPS) is 28.2. The second-order valence-corrected chi connectivity index (χ2v) is 5.65. The van der Waals surface area contributed by atoms with Crippen LogP contribution in [0, 0.1) is 5.92 Å². The first-order valence-corrected chi connectivity index (χ1v) is 6.78. The molecule has 0 radical (unpaired) electrons. The fraction of sp³-hybridized carbons (Fsp3) is 0.636. The number of aliphatic carboxylic acids is 1. The van der Waals surface area contributed by atoms with Crippen LogP contribution in [0.15, 0.2) is 10.6 Å². The molecule has 1 amide bonds. The highest BCUT2D eigenvalue weighted by molar-refractivity contribution is 8.03. The van der Waals surface area contributed by atoms with Gasteiger partial charge in [-0.2, -0.15) is 0 Å². The third kappa shape index (κ3) is 1.92. The standard InChI is InChI=1S/C11H16N2O4S/c1-5(14)8-6-4-7(18-3-2-12)9(11(16)17)13(6)10(8)15/h5-6,8,14H,2-4,12H2,1H3,(H,16,17)/t5?,6-,8+/m1/s1. The number of hydrogen-bond acceptors (Lipinski definition) is 5. The van der Waals surface area contributed by atoms with Gasteiger partial charge in [0.1, 0.15) is 5.70 Å². The number of hydrogen-bond donors (Lipinski definition) is 3. The van der Waals surface area contributed by atoms with Gasteiger partial charge in [0, 0.05) is 23.6 Å². The summed E-state index contributed by atoms with van der Waals surface area (Å²) in [5.74, 6) is -1.24. The van der Waals surface area contributed by atoms with Crippen molar-refractivity contribution in [3.05, 3.63) is 10.6 Å². The predicted molar refractivity (Wildman–Crippen MR) is 66.6 cm³/mol. The van der Waals surface area contributed by atoms with Gasteiger partial charge in [-0.3, -0.25) is 4.79 Å². The van der Waals surface area contributed by atoms with Gasteiger partial charge in [0.05, 0.1) is 18.1 Å². The molecule has 0 aromatic carbocycles. The van der Waals surface area contributed by atoms with Crippen LogP contribution in [-0.2, 0) is 9.59 Å². The lowest BCUT2D eigenvalue weighted by atomic mass is 9.83. The average molecular weight is 272 g/mol. The third-order valence-electron chi connectivity index (χ3n) is 3.28. The summed E-state index contributed by atoms with van der Waals surface area (Å²) in [7, 11) is 0. The van der Waals surface area contributed by atoms with Crippen molar-refractivity contribution in [3.63, 3.8) is 0 Å². The molecule has 1 unspecified atom stereocenters. The first-order chi connectivity index (χ1) is 8.49. The molecule has 0 saturated carbocycles. The van der Waals surface area contributed by atoms with Crippen molar-refractivity contribution in [1.29, 1.82) is 0 Å². The number of nitrogens with zero attached hydrogens (tertiary/aromatic N) is 1. The minimum absolute atomic E-state index is 0.0698. The van der Waals surface area contributed by atoms with E-state index in [0.717, 1.165) is 0 Å². The molecule has 2 heterocycles. The van der Waals surface area contributed by atoms with Crippen molar-refractivity contribution in [1.82, 2.24) is 4.90 Å². The number of carboxylic acid groups (broad SMARTS) is 1. The molecular formula is C11H16N2O4S. The molecule has 18 heavy (non-hydrogen) atoms. The second kappa shape index (κ2) is 4.91. The Labute approximate surface area is 109 Å². The van der Waals surface area contributed by atoms with Crippen LogP contribution < -0.4 is 5.73 Å². The van der Waals surface area contributed by atoms with Crippen molar-refractivity contribution < 1.29 is 19.8 Å². The molecule has 4 N–H and O–H groups in total. The number of carbonyl (C=O) groups excluding carboxylic acids is 1. The Kier molecular flexibility index (Phi) is 3.65. The number of β-lactam (4-membered cyclic amide) rings is 1. The Balaban J connectivity index is 2.21. The lowest BCUT2D eigenvalue weighted by Gasteiger charge is -2.44. The van der Waals surface area contributed by atoms with Gasteiger partial charge < -0.3 is 20.8 Å². The maximum atomic E-state index is 11.9. The van der Waals surface area contributed by atoms with Gasteiger partial charge in [-0.1, -0.05) is 0 Å². The van der Waals surface area contributed by atoms with Crippen molar-refractivity contribution in [2.75, 3.05) is 12.3 Å². The van der Waals surface area contributed by atoms with E-state index in [1.54, 1.807) is 6.92 Å². The first kappa shape index (κ1) is 13.4. The number of aliphatic hydroxyl groups is 1. The third-order valence-corrected chi connectivity index (χ3v) is 4.43. The number of carboxylic acids is 1. The molecule has 0 aromatic heterocycles. The number of aliphatic hydroxyl groups excluding tert-OH is 1. The van der Waals surface area contributed by atoms with E-state index < -0.39 is 18.0 Å². The molecule has 0 bridgehead atoms. The van der Waals surface area contributed by atoms with E-state index in [4.69, 9.17) is 5.73 Å². The molecule has 7 heteroatoms. The lowest BCUT2D eigenvalue weighted by Crippen LogP contribution is -2.61.